The number of aliphatic hydroxyl groups excluding tert-OH is 1. The summed E-state index contributed by atoms with van der Waals surface area (Å²) in [6.45, 7) is 6.49. The Morgan fingerprint density at radius 1 is 1.23 bits per heavy atom. The average molecular weight is 504 g/mol. The van der Waals surface area contributed by atoms with E-state index in [9.17, 15) is 14.4 Å². The van der Waals surface area contributed by atoms with Crippen LogP contribution in [0.2, 0.25) is 0 Å². The first-order valence-corrected chi connectivity index (χ1v) is 12.6. The van der Waals surface area contributed by atoms with Gasteiger partial charge in [-0.25, -0.2) is 0 Å². The summed E-state index contributed by atoms with van der Waals surface area (Å²) >= 11 is 5.40. The molecule has 3 aliphatic rings. The van der Waals surface area contributed by atoms with E-state index in [1.807, 2.05) is 20.8 Å². The van der Waals surface area contributed by atoms with Gasteiger partial charge in [-0.3, -0.25) is 14.4 Å². The van der Waals surface area contributed by atoms with Gasteiger partial charge in [-0.05, 0) is 40.0 Å². The van der Waals surface area contributed by atoms with Crippen molar-refractivity contribution in [2.45, 2.75) is 79.3 Å². The van der Waals surface area contributed by atoms with Crippen molar-refractivity contribution in [2.24, 2.45) is 11.8 Å². The SMILES string of the molecule is CNC(=O)[C@H]1[C@@H]2SC3(CC2Br)C(C(=O)NC(C)(C)C)N(CCCCCCO)C(=O)[C@H]13. The summed E-state index contributed by atoms with van der Waals surface area (Å²) in [7, 11) is 1.61. The van der Waals surface area contributed by atoms with Gasteiger partial charge in [0.2, 0.25) is 17.7 Å². The molecule has 0 aromatic heterocycles. The minimum atomic E-state index is -0.576. The molecule has 1 spiro atoms. The molecule has 170 valence electrons. The van der Waals surface area contributed by atoms with Crippen LogP contribution in [0, 0.1) is 11.8 Å². The number of fused-ring (bicyclic) bond motifs is 1. The lowest BCUT2D eigenvalue weighted by Crippen LogP contribution is -2.57. The van der Waals surface area contributed by atoms with Crippen LogP contribution in [0.4, 0.5) is 0 Å². The molecular formula is C21H34BrN3O4S. The zero-order chi connectivity index (χ0) is 22.3. The highest BCUT2D eigenvalue weighted by atomic mass is 79.9. The molecule has 3 fully saturated rings. The Morgan fingerprint density at radius 2 is 1.90 bits per heavy atom. The van der Waals surface area contributed by atoms with Crippen molar-refractivity contribution >= 4 is 45.4 Å². The maximum atomic E-state index is 13.6. The molecule has 0 radical (unpaired) electrons. The first kappa shape index (κ1) is 23.9. The third-order valence-corrected chi connectivity index (χ3v) is 9.61. The fourth-order valence-corrected chi connectivity index (χ4v) is 8.94. The first-order chi connectivity index (χ1) is 14.1. The van der Waals surface area contributed by atoms with E-state index in [1.54, 1.807) is 23.7 Å². The first-order valence-electron chi connectivity index (χ1n) is 10.8. The number of carbonyl (C=O) groups is 3. The number of hydrogen-bond donors (Lipinski definition) is 3. The third-order valence-electron chi connectivity index (χ3n) is 6.39. The molecular weight excluding hydrogens is 470 g/mol. The lowest BCUT2D eigenvalue weighted by Gasteiger charge is -2.36. The number of hydrogen-bond acceptors (Lipinski definition) is 5. The fraction of sp³-hybridized carbons (Fsp3) is 0.857. The van der Waals surface area contributed by atoms with Gasteiger partial charge < -0.3 is 20.6 Å². The average Bonchev–Trinajstić information content (AvgIpc) is 3.23. The number of amides is 3. The third kappa shape index (κ3) is 4.13. The molecule has 0 aromatic carbocycles. The predicted molar refractivity (Wildman–Crippen MR) is 121 cm³/mol. The van der Waals surface area contributed by atoms with Crippen molar-refractivity contribution in [3.05, 3.63) is 0 Å². The van der Waals surface area contributed by atoms with Gasteiger partial charge >= 0.3 is 0 Å². The minimum Gasteiger partial charge on any atom is -0.396 e. The molecule has 0 saturated carbocycles. The Hall–Kier alpha value is -0.800. The summed E-state index contributed by atoms with van der Waals surface area (Å²) in [6.07, 6.45) is 4.02. The topological polar surface area (TPSA) is 98.7 Å². The number of nitrogens with one attached hydrogen (secondary N) is 2. The van der Waals surface area contributed by atoms with Gasteiger partial charge in [-0.2, -0.15) is 0 Å². The van der Waals surface area contributed by atoms with Crippen LogP contribution in [0.15, 0.2) is 0 Å². The molecule has 3 heterocycles. The highest BCUT2D eigenvalue weighted by molar-refractivity contribution is 9.09. The van der Waals surface area contributed by atoms with E-state index < -0.39 is 28.2 Å². The molecule has 6 atom stereocenters. The maximum Gasteiger partial charge on any atom is 0.244 e. The monoisotopic (exact) mass is 503 g/mol. The summed E-state index contributed by atoms with van der Waals surface area (Å²) in [5.74, 6) is -1.19. The number of unbranched alkanes of at least 4 members (excludes halogenated alkanes) is 3. The fourth-order valence-electron chi connectivity index (χ4n) is 5.32. The van der Waals surface area contributed by atoms with Gasteiger partial charge in [0, 0.05) is 35.8 Å². The number of halogens is 1. The van der Waals surface area contributed by atoms with Crippen LogP contribution < -0.4 is 10.6 Å². The van der Waals surface area contributed by atoms with Gasteiger partial charge in [-0.15, -0.1) is 11.8 Å². The second-order valence-electron chi connectivity index (χ2n) is 9.69. The van der Waals surface area contributed by atoms with E-state index in [-0.39, 0.29) is 34.4 Å². The number of thioether (sulfide) groups is 1. The van der Waals surface area contributed by atoms with Gasteiger partial charge in [0.05, 0.1) is 16.6 Å². The highest BCUT2D eigenvalue weighted by Gasteiger charge is 2.75. The maximum absolute atomic E-state index is 13.6. The summed E-state index contributed by atoms with van der Waals surface area (Å²) < 4.78 is -0.576. The van der Waals surface area contributed by atoms with Crippen molar-refractivity contribution in [3.63, 3.8) is 0 Å². The summed E-state index contributed by atoms with van der Waals surface area (Å²) in [6, 6.07) is -0.572. The van der Waals surface area contributed by atoms with E-state index >= 15 is 0 Å². The summed E-state index contributed by atoms with van der Waals surface area (Å²) in [4.78, 5) is 41.7. The molecule has 7 nitrogen and oxygen atoms in total. The van der Waals surface area contributed by atoms with Crippen molar-refractivity contribution in [1.82, 2.24) is 15.5 Å². The van der Waals surface area contributed by atoms with Crippen molar-refractivity contribution in [1.29, 1.82) is 0 Å². The lowest BCUT2D eigenvalue weighted by molar-refractivity contribution is -0.140. The number of alkyl halides is 1. The molecule has 0 aromatic rings. The normalized spacial score (nSPS) is 34.9. The zero-order valence-corrected chi connectivity index (χ0v) is 20.6. The van der Waals surface area contributed by atoms with E-state index in [0.29, 0.717) is 13.0 Å². The Bertz CT molecular complexity index is 700. The molecule has 3 amide bonds. The molecule has 3 N–H and O–H groups in total. The largest absolute Gasteiger partial charge is 0.396 e. The molecule has 3 saturated heterocycles. The smallest absolute Gasteiger partial charge is 0.244 e. The Morgan fingerprint density at radius 3 is 2.50 bits per heavy atom. The van der Waals surface area contributed by atoms with E-state index in [4.69, 9.17) is 5.11 Å². The van der Waals surface area contributed by atoms with Crippen LogP contribution in [0.5, 0.6) is 0 Å². The molecule has 2 bridgehead atoms. The number of aliphatic hydroxyl groups is 1. The van der Waals surface area contributed by atoms with Crippen molar-refractivity contribution < 1.29 is 19.5 Å². The molecule has 3 unspecified atom stereocenters. The number of likely N-dealkylation sites (tertiary alicyclic amines) is 1. The molecule has 0 aliphatic carbocycles. The second-order valence-corrected chi connectivity index (χ2v) is 12.4. The van der Waals surface area contributed by atoms with Crippen molar-refractivity contribution in [3.8, 4) is 0 Å². The van der Waals surface area contributed by atoms with E-state index in [0.717, 1.165) is 25.7 Å². The Labute approximate surface area is 191 Å². The zero-order valence-electron chi connectivity index (χ0n) is 18.2. The van der Waals surface area contributed by atoms with Crippen LogP contribution in [0.25, 0.3) is 0 Å². The number of carbonyl (C=O) groups excluding carboxylic acids is 3. The summed E-state index contributed by atoms with van der Waals surface area (Å²) in [5, 5.41) is 14.8. The van der Waals surface area contributed by atoms with Crippen LogP contribution in [-0.2, 0) is 14.4 Å². The van der Waals surface area contributed by atoms with Crippen LogP contribution in [0.3, 0.4) is 0 Å². The standard InChI is InChI=1S/C21H34BrN3O4S/c1-20(2,3)24-18(28)16-21-11-12(22)15(30-21)13(17(27)23-4)14(21)19(29)25(16)9-7-5-6-8-10-26/h12-16,26H,5-11H2,1-4H3,(H,23,27)(H,24,28)/t12?,13-,14+,15-,16?,21?/m1/s1. The minimum absolute atomic E-state index is 0.00413. The highest BCUT2D eigenvalue weighted by Crippen LogP contribution is 2.67. The van der Waals surface area contributed by atoms with Crippen LogP contribution in [-0.4, -0.2) is 74.3 Å². The quantitative estimate of drug-likeness (QED) is 0.345. The van der Waals surface area contributed by atoms with Crippen LogP contribution in [0.1, 0.15) is 52.9 Å². The van der Waals surface area contributed by atoms with Gasteiger partial charge in [-0.1, -0.05) is 28.8 Å². The molecule has 30 heavy (non-hydrogen) atoms. The number of rotatable bonds is 8. The number of nitrogens with zero attached hydrogens (tertiary/aromatic N) is 1. The Balaban J connectivity index is 1.91. The summed E-state index contributed by atoms with van der Waals surface area (Å²) in [5.41, 5.74) is -0.406. The lowest BCUT2D eigenvalue weighted by atomic mass is 9.70. The van der Waals surface area contributed by atoms with E-state index in [1.165, 1.54) is 0 Å². The Kier molecular flexibility index (Phi) is 7.14. The molecule has 3 rings (SSSR count). The van der Waals surface area contributed by atoms with Crippen LogP contribution >= 0.6 is 27.7 Å². The molecule has 9 heteroatoms. The van der Waals surface area contributed by atoms with Gasteiger partial charge in [0.1, 0.15) is 6.04 Å². The van der Waals surface area contributed by atoms with Gasteiger partial charge in [0.25, 0.3) is 0 Å². The predicted octanol–water partition coefficient (Wildman–Crippen LogP) is 1.66. The van der Waals surface area contributed by atoms with E-state index in [2.05, 4.69) is 26.6 Å². The molecule has 3 aliphatic heterocycles. The second kappa shape index (κ2) is 8.98. The van der Waals surface area contributed by atoms with Crippen molar-refractivity contribution in [2.75, 3.05) is 20.2 Å². The van der Waals surface area contributed by atoms with Gasteiger partial charge in [0.15, 0.2) is 0 Å².